The largest absolute Gasteiger partial charge is 0.354 e. The van der Waals surface area contributed by atoms with Gasteiger partial charge in [0.05, 0.1) is 10.6 Å². The van der Waals surface area contributed by atoms with Crippen molar-refractivity contribution in [3.05, 3.63) is 65.4 Å². The molecular formula is C34H48N4O5S. The van der Waals surface area contributed by atoms with E-state index in [9.17, 15) is 18.0 Å². The Morgan fingerprint density at radius 2 is 1.68 bits per heavy atom. The predicted octanol–water partition coefficient (Wildman–Crippen LogP) is 6.86. The predicted molar refractivity (Wildman–Crippen MR) is 174 cm³/mol. The number of sulfonamides is 1. The van der Waals surface area contributed by atoms with Gasteiger partial charge in [-0.05, 0) is 55.2 Å². The first-order valence-electron chi connectivity index (χ1n) is 15.4. The van der Waals surface area contributed by atoms with Crippen LogP contribution in [-0.2, 0) is 26.2 Å². The minimum atomic E-state index is -3.98. The Labute approximate surface area is 262 Å². The fourth-order valence-electron chi connectivity index (χ4n) is 4.90. The van der Waals surface area contributed by atoms with Gasteiger partial charge in [0, 0.05) is 30.6 Å². The summed E-state index contributed by atoms with van der Waals surface area (Å²) in [5.41, 5.74) is 3.38. The third-order valence-electron chi connectivity index (χ3n) is 7.65. The summed E-state index contributed by atoms with van der Waals surface area (Å²) in [5.74, 6) is -0.200. The Morgan fingerprint density at radius 3 is 2.25 bits per heavy atom. The molecule has 44 heavy (non-hydrogen) atoms. The zero-order valence-corrected chi connectivity index (χ0v) is 28.2. The van der Waals surface area contributed by atoms with Crippen molar-refractivity contribution in [1.82, 2.24) is 15.4 Å². The third kappa shape index (κ3) is 9.17. The lowest BCUT2D eigenvalue weighted by Gasteiger charge is -2.34. The first kappa shape index (κ1) is 34.8. The minimum Gasteiger partial charge on any atom is -0.354 e. The maximum atomic E-state index is 13.5. The number of hydrogen-bond donors (Lipinski definition) is 2. The van der Waals surface area contributed by atoms with E-state index in [0.717, 1.165) is 24.8 Å². The molecule has 240 valence electrons. The van der Waals surface area contributed by atoms with Crippen LogP contribution in [0.25, 0.3) is 11.1 Å². The molecule has 1 heterocycles. The second kappa shape index (κ2) is 14.9. The molecule has 2 amide bonds. The summed E-state index contributed by atoms with van der Waals surface area (Å²) in [4.78, 5) is 28.7. The summed E-state index contributed by atoms with van der Waals surface area (Å²) in [6, 6.07) is 13.6. The summed E-state index contributed by atoms with van der Waals surface area (Å²) in [6.45, 7) is 16.7. The monoisotopic (exact) mass is 624 g/mol. The second-order valence-electron chi connectivity index (χ2n) is 12.9. The van der Waals surface area contributed by atoms with Crippen molar-refractivity contribution >= 4 is 27.7 Å². The first-order chi connectivity index (χ1) is 20.6. The molecule has 0 spiro atoms. The lowest BCUT2D eigenvalue weighted by atomic mass is 9.92. The molecule has 0 saturated carbocycles. The molecule has 0 aliphatic rings. The molecule has 1 unspecified atom stereocenters. The van der Waals surface area contributed by atoms with Crippen molar-refractivity contribution in [2.45, 2.75) is 98.6 Å². The molecule has 0 radical (unpaired) electrons. The summed E-state index contributed by atoms with van der Waals surface area (Å²) in [5, 5.41) is 6.90. The number of aromatic nitrogens is 1. The number of carbonyl (C=O) groups excluding carboxylic acids is 2. The third-order valence-corrected chi connectivity index (χ3v) is 9.04. The molecule has 10 heteroatoms. The Morgan fingerprint density at radius 1 is 1.02 bits per heavy atom. The summed E-state index contributed by atoms with van der Waals surface area (Å²) in [6.07, 6.45) is 2.83. The zero-order chi connectivity index (χ0) is 32.7. The average Bonchev–Trinajstić information content (AvgIpc) is 3.26. The molecule has 3 aromatic rings. The van der Waals surface area contributed by atoms with Crippen LogP contribution in [0.4, 0.5) is 5.88 Å². The molecule has 0 aliphatic carbocycles. The van der Waals surface area contributed by atoms with Gasteiger partial charge in [-0.2, -0.15) is 0 Å². The number of hydrogen-bond acceptors (Lipinski definition) is 6. The molecule has 1 atom stereocenters. The molecule has 1 aromatic heterocycles. The lowest BCUT2D eigenvalue weighted by Crippen LogP contribution is -2.52. The Kier molecular flexibility index (Phi) is 11.8. The number of aryl methyl sites for hydroxylation is 1. The normalized spacial score (nSPS) is 12.7. The van der Waals surface area contributed by atoms with Crippen molar-refractivity contribution in [2.75, 3.05) is 11.3 Å². The number of benzene rings is 2. The highest BCUT2D eigenvalue weighted by atomic mass is 32.2. The standard InChI is InChI=1S/C34H48N4O5S/c1-9-10-15-30(39)38(31(23(2)3)32(40)35-21-20-34(6,7)8)22-26-16-18-27(19-17-26)28-13-11-12-14-29(28)44(41,42)37-33-24(4)25(5)36-43-33/h11-14,16-19,23,31,37H,9-10,15,20-22H2,1-8H3,(H,35,40). The molecule has 2 N–H and O–H groups in total. The van der Waals surface area contributed by atoms with Crippen LogP contribution in [0.3, 0.4) is 0 Å². The van der Waals surface area contributed by atoms with Gasteiger partial charge in [0.2, 0.25) is 17.7 Å². The highest BCUT2D eigenvalue weighted by Crippen LogP contribution is 2.30. The number of rotatable bonds is 14. The van der Waals surface area contributed by atoms with Gasteiger partial charge in [0.15, 0.2) is 0 Å². The minimum absolute atomic E-state index is 0.0546. The lowest BCUT2D eigenvalue weighted by molar-refractivity contribution is -0.143. The molecule has 0 fully saturated rings. The van der Waals surface area contributed by atoms with E-state index in [0.29, 0.717) is 35.3 Å². The van der Waals surface area contributed by atoms with E-state index in [-0.39, 0.29) is 40.5 Å². The van der Waals surface area contributed by atoms with Crippen molar-refractivity contribution in [2.24, 2.45) is 11.3 Å². The number of nitrogens with zero attached hydrogens (tertiary/aromatic N) is 2. The van der Waals surface area contributed by atoms with Crippen LogP contribution < -0.4 is 10.0 Å². The Balaban J connectivity index is 1.88. The number of carbonyl (C=O) groups is 2. The van der Waals surface area contributed by atoms with E-state index >= 15 is 0 Å². The topological polar surface area (TPSA) is 122 Å². The van der Waals surface area contributed by atoms with Crippen LogP contribution in [0, 0.1) is 25.2 Å². The highest BCUT2D eigenvalue weighted by molar-refractivity contribution is 7.92. The van der Waals surface area contributed by atoms with Gasteiger partial charge in [-0.15, -0.1) is 0 Å². The van der Waals surface area contributed by atoms with Gasteiger partial charge < -0.3 is 14.7 Å². The van der Waals surface area contributed by atoms with Crippen molar-refractivity contribution < 1.29 is 22.5 Å². The van der Waals surface area contributed by atoms with E-state index in [2.05, 4.69) is 36.0 Å². The van der Waals surface area contributed by atoms with Crippen LogP contribution >= 0.6 is 0 Å². The Hall–Kier alpha value is -3.66. The van der Waals surface area contributed by atoms with Gasteiger partial charge in [-0.25, -0.2) is 13.1 Å². The molecule has 9 nitrogen and oxygen atoms in total. The number of unbranched alkanes of at least 4 members (excludes halogenated alkanes) is 1. The maximum Gasteiger partial charge on any atom is 0.264 e. The molecular weight excluding hydrogens is 576 g/mol. The van der Waals surface area contributed by atoms with E-state index in [4.69, 9.17) is 4.52 Å². The SMILES string of the molecule is CCCCC(=O)N(Cc1ccc(-c2ccccc2S(=O)(=O)Nc2onc(C)c2C)cc1)C(C(=O)NCCC(C)(C)C)C(C)C. The summed E-state index contributed by atoms with van der Waals surface area (Å²) >= 11 is 0. The highest BCUT2D eigenvalue weighted by Gasteiger charge is 2.32. The van der Waals surface area contributed by atoms with Gasteiger partial charge in [-0.3, -0.25) is 9.59 Å². The average molecular weight is 625 g/mol. The molecule has 0 aliphatic heterocycles. The van der Waals surface area contributed by atoms with Crippen molar-refractivity contribution in [3.63, 3.8) is 0 Å². The van der Waals surface area contributed by atoms with Crippen LogP contribution in [0.2, 0.25) is 0 Å². The maximum absolute atomic E-state index is 13.5. The van der Waals surface area contributed by atoms with Crippen molar-refractivity contribution in [1.29, 1.82) is 0 Å². The number of amides is 2. The summed E-state index contributed by atoms with van der Waals surface area (Å²) in [7, 11) is -3.98. The van der Waals surface area contributed by atoms with Crippen LogP contribution in [0.1, 0.15) is 84.0 Å². The fraction of sp³-hybridized carbons (Fsp3) is 0.500. The van der Waals surface area contributed by atoms with E-state index in [1.54, 1.807) is 43.0 Å². The van der Waals surface area contributed by atoms with Gasteiger partial charge >= 0.3 is 0 Å². The molecule has 0 saturated heterocycles. The Bertz CT molecular complexity index is 1520. The smallest absolute Gasteiger partial charge is 0.264 e. The van der Waals surface area contributed by atoms with E-state index in [1.165, 1.54) is 0 Å². The molecule has 0 bridgehead atoms. The fourth-order valence-corrected chi connectivity index (χ4v) is 6.17. The first-order valence-corrected chi connectivity index (χ1v) is 16.8. The number of anilines is 1. The van der Waals surface area contributed by atoms with Gasteiger partial charge in [0.25, 0.3) is 10.0 Å². The summed E-state index contributed by atoms with van der Waals surface area (Å²) < 4.78 is 34.5. The van der Waals surface area contributed by atoms with Gasteiger partial charge in [-0.1, -0.05) is 95.6 Å². The van der Waals surface area contributed by atoms with E-state index < -0.39 is 16.1 Å². The van der Waals surface area contributed by atoms with Crippen LogP contribution in [-0.4, -0.2) is 42.9 Å². The number of nitrogens with one attached hydrogen (secondary N) is 2. The zero-order valence-electron chi connectivity index (χ0n) is 27.4. The van der Waals surface area contributed by atoms with Gasteiger partial charge in [0.1, 0.15) is 6.04 Å². The van der Waals surface area contributed by atoms with Crippen LogP contribution in [0.5, 0.6) is 0 Å². The molecule has 3 rings (SSSR count). The quantitative estimate of drug-likeness (QED) is 0.202. The van der Waals surface area contributed by atoms with Crippen molar-refractivity contribution in [3.8, 4) is 11.1 Å². The van der Waals surface area contributed by atoms with E-state index in [1.807, 2.05) is 45.0 Å². The molecule has 2 aromatic carbocycles. The van der Waals surface area contributed by atoms with Crippen LogP contribution in [0.15, 0.2) is 57.9 Å². The second-order valence-corrected chi connectivity index (χ2v) is 14.6.